The molecule has 0 bridgehead atoms. The average molecular weight is 237 g/mol. The lowest BCUT2D eigenvalue weighted by Gasteiger charge is -2.24. The zero-order valence-electron chi connectivity index (χ0n) is 9.07. The van der Waals surface area contributed by atoms with Gasteiger partial charge in [0.25, 0.3) is 0 Å². The molecule has 90 valence electrons. The van der Waals surface area contributed by atoms with Gasteiger partial charge in [-0.15, -0.1) is 0 Å². The molecule has 1 atom stereocenters. The fourth-order valence-electron chi connectivity index (χ4n) is 1.98. The number of anilines is 1. The van der Waals surface area contributed by atoms with Crippen LogP contribution in [0.4, 0.5) is 10.1 Å². The smallest absolute Gasteiger partial charge is 0.303 e. The Bertz CT molecular complexity index is 473. The molecule has 0 fully saturated rings. The summed E-state index contributed by atoms with van der Waals surface area (Å²) in [6, 6.07) is 4.19. The third-order valence-corrected chi connectivity index (χ3v) is 2.87. The number of halogens is 1. The lowest BCUT2D eigenvalue weighted by Crippen LogP contribution is -2.30. The molecule has 0 saturated heterocycles. The third-order valence-electron chi connectivity index (χ3n) is 2.87. The second kappa shape index (κ2) is 4.53. The van der Waals surface area contributed by atoms with Crippen molar-refractivity contribution in [1.29, 1.82) is 0 Å². The van der Waals surface area contributed by atoms with Crippen LogP contribution in [0.25, 0.3) is 0 Å². The van der Waals surface area contributed by atoms with Gasteiger partial charge in [0, 0.05) is 18.0 Å². The Balaban J connectivity index is 2.14. The number of rotatable bonds is 3. The number of hydrogen-bond acceptors (Lipinski definition) is 2. The molecule has 0 radical (unpaired) electrons. The van der Waals surface area contributed by atoms with Crippen molar-refractivity contribution >= 4 is 17.6 Å². The van der Waals surface area contributed by atoms with E-state index in [2.05, 4.69) is 5.32 Å². The first-order valence-electron chi connectivity index (χ1n) is 5.37. The number of carboxylic acids is 1. The summed E-state index contributed by atoms with van der Waals surface area (Å²) in [6.07, 6.45) is 0.617. The van der Waals surface area contributed by atoms with Gasteiger partial charge in [-0.3, -0.25) is 9.59 Å². The highest BCUT2D eigenvalue weighted by atomic mass is 19.1. The Kier molecular flexibility index (Phi) is 3.08. The van der Waals surface area contributed by atoms with Gasteiger partial charge in [0.2, 0.25) is 5.91 Å². The summed E-state index contributed by atoms with van der Waals surface area (Å²) in [7, 11) is 0. The Hall–Kier alpha value is -1.91. The first-order valence-corrected chi connectivity index (χ1v) is 5.37. The molecule has 5 heteroatoms. The second-order valence-corrected chi connectivity index (χ2v) is 4.12. The number of carbonyl (C=O) groups is 2. The minimum absolute atomic E-state index is 0.0528. The minimum atomic E-state index is -0.928. The van der Waals surface area contributed by atoms with E-state index in [1.54, 1.807) is 0 Å². The monoisotopic (exact) mass is 237 g/mol. The number of benzene rings is 1. The lowest BCUT2D eigenvalue weighted by atomic mass is 9.90. The zero-order chi connectivity index (χ0) is 12.4. The van der Waals surface area contributed by atoms with E-state index >= 15 is 0 Å². The van der Waals surface area contributed by atoms with Crippen LogP contribution in [-0.2, 0) is 16.0 Å². The lowest BCUT2D eigenvalue weighted by molar-refractivity contribution is -0.137. The quantitative estimate of drug-likeness (QED) is 0.842. The topological polar surface area (TPSA) is 66.4 Å². The summed E-state index contributed by atoms with van der Waals surface area (Å²) in [5.41, 5.74) is 1.34. The molecule has 1 unspecified atom stereocenters. The van der Waals surface area contributed by atoms with E-state index in [4.69, 9.17) is 5.11 Å². The van der Waals surface area contributed by atoms with Crippen LogP contribution in [0.15, 0.2) is 18.2 Å². The molecule has 4 nitrogen and oxygen atoms in total. The molecular weight excluding hydrogens is 225 g/mol. The van der Waals surface area contributed by atoms with Crippen molar-refractivity contribution in [3.8, 4) is 0 Å². The van der Waals surface area contributed by atoms with Crippen LogP contribution in [0, 0.1) is 11.7 Å². The zero-order valence-corrected chi connectivity index (χ0v) is 9.07. The molecule has 1 aliphatic rings. The number of carboxylic acid groups (broad SMARTS) is 1. The van der Waals surface area contributed by atoms with Crippen molar-refractivity contribution in [1.82, 2.24) is 0 Å². The van der Waals surface area contributed by atoms with Crippen molar-refractivity contribution in [3.05, 3.63) is 29.6 Å². The maximum absolute atomic E-state index is 13.0. The minimum Gasteiger partial charge on any atom is -0.481 e. The maximum Gasteiger partial charge on any atom is 0.303 e. The molecule has 2 rings (SSSR count). The van der Waals surface area contributed by atoms with E-state index in [-0.39, 0.29) is 30.5 Å². The standard InChI is InChI=1S/C12H12FNO3/c13-9-2-3-10-8(6-9)5-7(12(17)14-10)1-4-11(15)16/h2-3,6-7H,1,4-5H2,(H,14,17)(H,15,16). The molecule has 1 aliphatic heterocycles. The van der Waals surface area contributed by atoms with E-state index in [0.29, 0.717) is 12.1 Å². The van der Waals surface area contributed by atoms with Crippen molar-refractivity contribution in [2.45, 2.75) is 19.3 Å². The first-order chi connectivity index (χ1) is 8.06. The summed E-state index contributed by atoms with van der Waals surface area (Å²) in [5, 5.41) is 11.2. The number of amides is 1. The molecule has 17 heavy (non-hydrogen) atoms. The first kappa shape index (κ1) is 11.6. The van der Waals surface area contributed by atoms with E-state index < -0.39 is 5.97 Å². The number of hydrogen-bond donors (Lipinski definition) is 2. The Morgan fingerprint density at radius 1 is 1.53 bits per heavy atom. The molecule has 1 amide bonds. The highest BCUT2D eigenvalue weighted by Gasteiger charge is 2.26. The Morgan fingerprint density at radius 2 is 2.29 bits per heavy atom. The Morgan fingerprint density at radius 3 is 3.00 bits per heavy atom. The van der Waals surface area contributed by atoms with Gasteiger partial charge in [0.15, 0.2) is 0 Å². The third kappa shape index (κ3) is 2.61. The molecular formula is C12H12FNO3. The summed E-state index contributed by atoms with van der Waals surface area (Å²) in [6.45, 7) is 0. The van der Waals surface area contributed by atoms with Crippen molar-refractivity contribution < 1.29 is 19.1 Å². The van der Waals surface area contributed by atoms with E-state index in [0.717, 1.165) is 5.56 Å². The fourth-order valence-corrected chi connectivity index (χ4v) is 1.98. The summed E-state index contributed by atoms with van der Waals surface area (Å²) in [5.74, 6) is -1.86. The molecule has 1 heterocycles. The maximum atomic E-state index is 13.0. The predicted octanol–water partition coefficient (Wildman–Crippen LogP) is 1.80. The molecule has 1 aromatic rings. The molecule has 0 aliphatic carbocycles. The number of aliphatic carboxylic acids is 1. The van der Waals surface area contributed by atoms with Crippen LogP contribution in [0.5, 0.6) is 0 Å². The predicted molar refractivity (Wildman–Crippen MR) is 59.1 cm³/mol. The highest BCUT2D eigenvalue weighted by Crippen LogP contribution is 2.28. The molecule has 0 saturated carbocycles. The summed E-state index contributed by atoms with van der Waals surface area (Å²) < 4.78 is 13.0. The normalized spacial score (nSPS) is 18.4. The van der Waals surface area contributed by atoms with Gasteiger partial charge in [-0.05, 0) is 36.6 Å². The van der Waals surface area contributed by atoms with Gasteiger partial charge in [0.1, 0.15) is 5.82 Å². The van der Waals surface area contributed by atoms with E-state index in [9.17, 15) is 14.0 Å². The van der Waals surface area contributed by atoms with Crippen molar-refractivity contribution in [2.24, 2.45) is 5.92 Å². The van der Waals surface area contributed by atoms with Crippen LogP contribution in [0.2, 0.25) is 0 Å². The van der Waals surface area contributed by atoms with E-state index in [1.807, 2.05) is 0 Å². The van der Waals surface area contributed by atoms with Crippen LogP contribution < -0.4 is 5.32 Å². The number of nitrogens with one attached hydrogen (secondary N) is 1. The molecule has 2 N–H and O–H groups in total. The Labute approximate surface area is 97.4 Å². The van der Waals surface area contributed by atoms with Crippen LogP contribution >= 0.6 is 0 Å². The van der Waals surface area contributed by atoms with Crippen molar-refractivity contribution in [2.75, 3.05) is 5.32 Å². The molecule has 0 aromatic heterocycles. The number of carbonyl (C=O) groups excluding carboxylic acids is 1. The van der Waals surface area contributed by atoms with Crippen LogP contribution in [0.3, 0.4) is 0 Å². The van der Waals surface area contributed by atoms with Gasteiger partial charge >= 0.3 is 5.97 Å². The van der Waals surface area contributed by atoms with Gasteiger partial charge in [-0.25, -0.2) is 4.39 Å². The summed E-state index contributed by atoms with van der Waals surface area (Å²) >= 11 is 0. The van der Waals surface area contributed by atoms with Crippen molar-refractivity contribution in [3.63, 3.8) is 0 Å². The second-order valence-electron chi connectivity index (χ2n) is 4.12. The van der Waals surface area contributed by atoms with E-state index in [1.165, 1.54) is 18.2 Å². The van der Waals surface area contributed by atoms with Gasteiger partial charge < -0.3 is 10.4 Å². The SMILES string of the molecule is O=C(O)CCC1Cc2cc(F)ccc2NC1=O. The largest absolute Gasteiger partial charge is 0.481 e. The highest BCUT2D eigenvalue weighted by molar-refractivity contribution is 5.95. The average Bonchev–Trinajstić information content (AvgIpc) is 2.26. The number of fused-ring (bicyclic) bond motifs is 1. The van der Waals surface area contributed by atoms with Gasteiger partial charge in [-0.1, -0.05) is 0 Å². The van der Waals surface area contributed by atoms with Gasteiger partial charge in [-0.2, -0.15) is 0 Å². The van der Waals surface area contributed by atoms with Crippen LogP contribution in [0.1, 0.15) is 18.4 Å². The van der Waals surface area contributed by atoms with Crippen LogP contribution in [-0.4, -0.2) is 17.0 Å². The fraction of sp³-hybridized carbons (Fsp3) is 0.333. The molecule has 1 aromatic carbocycles. The van der Waals surface area contributed by atoms with Gasteiger partial charge in [0.05, 0.1) is 0 Å². The molecule has 0 spiro atoms. The summed E-state index contributed by atoms with van der Waals surface area (Å²) in [4.78, 5) is 22.1.